The minimum Gasteiger partial charge on any atom is -0.355 e. The third-order valence-electron chi connectivity index (χ3n) is 3.53. The van der Waals surface area contributed by atoms with Gasteiger partial charge in [0.2, 0.25) is 5.91 Å². The summed E-state index contributed by atoms with van der Waals surface area (Å²) >= 11 is 0. The van der Waals surface area contributed by atoms with E-state index in [1.165, 1.54) is 12.8 Å². The number of rotatable bonds is 8. The van der Waals surface area contributed by atoms with Gasteiger partial charge in [0, 0.05) is 13.1 Å². The van der Waals surface area contributed by atoms with Crippen molar-refractivity contribution in [2.24, 2.45) is 11.8 Å². The molecular formula is C15H31N3O. The van der Waals surface area contributed by atoms with Gasteiger partial charge in [-0.1, -0.05) is 20.8 Å². The summed E-state index contributed by atoms with van der Waals surface area (Å²) < 4.78 is 0. The third kappa shape index (κ3) is 7.53. The largest absolute Gasteiger partial charge is 0.355 e. The fraction of sp³-hybridized carbons (Fsp3) is 0.933. The lowest BCUT2D eigenvalue weighted by Crippen LogP contribution is -2.43. The Labute approximate surface area is 118 Å². The maximum Gasteiger partial charge on any atom is 0.234 e. The number of amides is 1. The molecule has 19 heavy (non-hydrogen) atoms. The molecule has 4 heteroatoms. The molecule has 0 bridgehead atoms. The van der Waals surface area contributed by atoms with Gasteiger partial charge in [-0.3, -0.25) is 9.69 Å². The highest BCUT2D eigenvalue weighted by Gasteiger charge is 2.18. The van der Waals surface area contributed by atoms with Gasteiger partial charge < -0.3 is 10.6 Å². The molecule has 0 radical (unpaired) electrons. The molecule has 1 saturated heterocycles. The first-order valence-electron chi connectivity index (χ1n) is 7.81. The van der Waals surface area contributed by atoms with Gasteiger partial charge in [0.1, 0.15) is 0 Å². The highest BCUT2D eigenvalue weighted by molar-refractivity contribution is 5.77. The van der Waals surface area contributed by atoms with Crippen LogP contribution >= 0.6 is 0 Å². The van der Waals surface area contributed by atoms with E-state index in [9.17, 15) is 4.79 Å². The lowest BCUT2D eigenvalue weighted by Gasteiger charge is -2.29. The molecule has 1 aliphatic rings. The van der Waals surface area contributed by atoms with Crippen LogP contribution in [0.3, 0.4) is 0 Å². The van der Waals surface area contributed by atoms with Crippen LogP contribution in [0.5, 0.6) is 0 Å². The van der Waals surface area contributed by atoms with Gasteiger partial charge in [0.05, 0.1) is 6.54 Å². The molecule has 0 aromatic carbocycles. The first kappa shape index (κ1) is 16.4. The van der Waals surface area contributed by atoms with Crippen LogP contribution in [0, 0.1) is 11.8 Å². The first-order chi connectivity index (χ1) is 9.11. The number of carbonyl (C=O) groups excluding carboxylic acids is 1. The lowest BCUT2D eigenvalue weighted by atomic mass is 9.99. The number of nitrogens with zero attached hydrogens (tertiary/aromatic N) is 1. The average Bonchev–Trinajstić information content (AvgIpc) is 2.38. The molecule has 1 atom stereocenters. The second-order valence-corrected chi connectivity index (χ2v) is 6.15. The summed E-state index contributed by atoms with van der Waals surface area (Å²) in [6.07, 6.45) is 3.67. The Morgan fingerprint density at radius 2 is 2.26 bits per heavy atom. The molecule has 0 aromatic heterocycles. The van der Waals surface area contributed by atoms with E-state index in [0.29, 0.717) is 18.4 Å². The predicted molar refractivity (Wildman–Crippen MR) is 80.2 cm³/mol. The van der Waals surface area contributed by atoms with Gasteiger partial charge in [-0.2, -0.15) is 0 Å². The summed E-state index contributed by atoms with van der Waals surface area (Å²) in [6.45, 7) is 12.1. The van der Waals surface area contributed by atoms with Crippen molar-refractivity contribution in [2.75, 3.05) is 39.3 Å². The maximum atomic E-state index is 11.9. The standard InChI is InChI=1S/C15H31N3O/c1-4-8-18(11-14-6-5-7-16-10-14)12-15(19)17-9-13(2)3/h13-14,16H,4-12H2,1-3H3,(H,17,19). The smallest absolute Gasteiger partial charge is 0.234 e. The van der Waals surface area contributed by atoms with Gasteiger partial charge >= 0.3 is 0 Å². The number of piperidine rings is 1. The number of hydrogen-bond acceptors (Lipinski definition) is 3. The van der Waals surface area contributed by atoms with Crippen LogP contribution in [0.1, 0.15) is 40.0 Å². The molecule has 0 aromatic rings. The molecule has 1 aliphatic heterocycles. The zero-order valence-corrected chi connectivity index (χ0v) is 12.9. The van der Waals surface area contributed by atoms with Crippen LogP contribution in [0.25, 0.3) is 0 Å². The molecule has 0 saturated carbocycles. The minimum atomic E-state index is 0.172. The van der Waals surface area contributed by atoms with Crippen molar-refractivity contribution < 1.29 is 4.79 Å². The summed E-state index contributed by atoms with van der Waals surface area (Å²) in [6, 6.07) is 0. The molecular weight excluding hydrogens is 238 g/mol. The van der Waals surface area contributed by atoms with Crippen molar-refractivity contribution in [2.45, 2.75) is 40.0 Å². The lowest BCUT2D eigenvalue weighted by molar-refractivity contribution is -0.122. The summed E-state index contributed by atoms with van der Waals surface area (Å²) in [5, 5.41) is 6.46. The molecule has 1 amide bonds. The van der Waals surface area contributed by atoms with E-state index >= 15 is 0 Å². The topological polar surface area (TPSA) is 44.4 Å². The summed E-state index contributed by atoms with van der Waals surface area (Å²) in [4.78, 5) is 14.2. The third-order valence-corrected chi connectivity index (χ3v) is 3.53. The first-order valence-corrected chi connectivity index (χ1v) is 7.81. The Morgan fingerprint density at radius 1 is 1.47 bits per heavy atom. The molecule has 1 unspecified atom stereocenters. The highest BCUT2D eigenvalue weighted by Crippen LogP contribution is 2.11. The Bertz CT molecular complexity index is 250. The van der Waals surface area contributed by atoms with Crippen molar-refractivity contribution in [3.8, 4) is 0 Å². The van der Waals surface area contributed by atoms with E-state index in [1.54, 1.807) is 0 Å². The van der Waals surface area contributed by atoms with Gasteiger partial charge in [-0.15, -0.1) is 0 Å². The number of hydrogen-bond donors (Lipinski definition) is 2. The fourth-order valence-corrected chi connectivity index (χ4v) is 2.57. The summed E-state index contributed by atoms with van der Waals surface area (Å²) in [5.74, 6) is 1.40. The Morgan fingerprint density at radius 3 is 2.84 bits per heavy atom. The van der Waals surface area contributed by atoms with Crippen molar-refractivity contribution in [3.05, 3.63) is 0 Å². The molecule has 1 fully saturated rings. The molecule has 1 heterocycles. The second kappa shape index (κ2) is 9.32. The van der Waals surface area contributed by atoms with Crippen LogP contribution in [-0.2, 0) is 4.79 Å². The zero-order valence-electron chi connectivity index (χ0n) is 12.9. The molecule has 112 valence electrons. The molecule has 2 N–H and O–H groups in total. The van der Waals surface area contributed by atoms with Crippen LogP contribution in [0.2, 0.25) is 0 Å². The summed E-state index contributed by atoms with van der Waals surface area (Å²) in [7, 11) is 0. The van der Waals surface area contributed by atoms with E-state index in [2.05, 4.69) is 36.3 Å². The normalized spacial score (nSPS) is 19.9. The fourth-order valence-electron chi connectivity index (χ4n) is 2.57. The Hall–Kier alpha value is -0.610. The number of carbonyl (C=O) groups is 1. The van der Waals surface area contributed by atoms with E-state index in [1.807, 2.05) is 0 Å². The average molecular weight is 269 g/mol. The minimum absolute atomic E-state index is 0.172. The van der Waals surface area contributed by atoms with Gasteiger partial charge in [-0.25, -0.2) is 0 Å². The van der Waals surface area contributed by atoms with Gasteiger partial charge in [-0.05, 0) is 50.7 Å². The van der Waals surface area contributed by atoms with Crippen LogP contribution in [0.15, 0.2) is 0 Å². The second-order valence-electron chi connectivity index (χ2n) is 6.15. The molecule has 1 rings (SSSR count). The summed E-state index contributed by atoms with van der Waals surface area (Å²) in [5.41, 5.74) is 0. The van der Waals surface area contributed by atoms with E-state index in [0.717, 1.165) is 39.1 Å². The Kier molecular flexibility index (Phi) is 8.07. The van der Waals surface area contributed by atoms with Crippen molar-refractivity contribution in [1.82, 2.24) is 15.5 Å². The zero-order chi connectivity index (χ0) is 14.1. The van der Waals surface area contributed by atoms with Crippen molar-refractivity contribution in [1.29, 1.82) is 0 Å². The SMILES string of the molecule is CCCN(CC(=O)NCC(C)C)CC1CCCNC1. The van der Waals surface area contributed by atoms with Gasteiger partial charge in [0.25, 0.3) is 0 Å². The van der Waals surface area contributed by atoms with E-state index in [-0.39, 0.29) is 5.91 Å². The number of nitrogens with one attached hydrogen (secondary N) is 2. The predicted octanol–water partition coefficient (Wildman–Crippen LogP) is 1.47. The van der Waals surface area contributed by atoms with E-state index < -0.39 is 0 Å². The van der Waals surface area contributed by atoms with Crippen LogP contribution < -0.4 is 10.6 Å². The maximum absolute atomic E-state index is 11.9. The highest BCUT2D eigenvalue weighted by atomic mass is 16.2. The quantitative estimate of drug-likeness (QED) is 0.701. The van der Waals surface area contributed by atoms with Crippen LogP contribution in [0.4, 0.5) is 0 Å². The molecule has 0 spiro atoms. The molecule has 4 nitrogen and oxygen atoms in total. The van der Waals surface area contributed by atoms with Crippen molar-refractivity contribution >= 4 is 5.91 Å². The monoisotopic (exact) mass is 269 g/mol. The van der Waals surface area contributed by atoms with Gasteiger partial charge in [0.15, 0.2) is 0 Å². The van der Waals surface area contributed by atoms with E-state index in [4.69, 9.17) is 0 Å². The Balaban J connectivity index is 2.31. The molecule has 0 aliphatic carbocycles. The van der Waals surface area contributed by atoms with Crippen LogP contribution in [-0.4, -0.2) is 50.1 Å². The van der Waals surface area contributed by atoms with Crippen molar-refractivity contribution in [3.63, 3.8) is 0 Å².